The van der Waals surface area contributed by atoms with Gasteiger partial charge in [-0.3, -0.25) is 0 Å². The van der Waals surface area contributed by atoms with Crippen LogP contribution in [0, 0.1) is 3.57 Å². The minimum atomic E-state index is 0.704. The van der Waals surface area contributed by atoms with Gasteiger partial charge in [-0.15, -0.1) is 0 Å². The number of benzene rings is 2. The molecule has 3 aromatic rings. The lowest BCUT2D eigenvalue weighted by atomic mass is 10.1. The molecule has 4 heteroatoms. The number of anilines is 1. The molecular formula is C16H14IN3. The summed E-state index contributed by atoms with van der Waals surface area (Å²) >= 11 is 2.29. The molecule has 3 rings (SSSR count). The maximum atomic E-state index is 6.22. The number of nitrogens with two attached hydrogens (primary N) is 1. The van der Waals surface area contributed by atoms with Crippen molar-refractivity contribution < 1.29 is 0 Å². The van der Waals surface area contributed by atoms with Crippen LogP contribution in [0.25, 0.3) is 11.3 Å². The zero-order valence-electron chi connectivity index (χ0n) is 10.8. The Balaban J connectivity index is 1.91. The maximum Gasteiger partial charge on any atom is 0.131 e. The molecule has 0 aliphatic heterocycles. The number of imidazole rings is 1. The molecule has 0 aliphatic carbocycles. The molecule has 1 heterocycles. The van der Waals surface area contributed by atoms with E-state index in [9.17, 15) is 0 Å². The van der Waals surface area contributed by atoms with Crippen LogP contribution in [0.5, 0.6) is 0 Å². The molecule has 0 fully saturated rings. The fraction of sp³-hybridized carbons (Fsp3) is 0.0625. The Morgan fingerprint density at radius 1 is 1.00 bits per heavy atom. The van der Waals surface area contributed by atoms with Crippen LogP contribution < -0.4 is 5.73 Å². The number of aromatic nitrogens is 2. The Morgan fingerprint density at radius 2 is 1.70 bits per heavy atom. The third-order valence-electron chi connectivity index (χ3n) is 3.19. The van der Waals surface area contributed by atoms with E-state index >= 15 is 0 Å². The Labute approximate surface area is 131 Å². The van der Waals surface area contributed by atoms with Gasteiger partial charge in [0, 0.05) is 9.13 Å². The molecule has 100 valence electrons. The van der Waals surface area contributed by atoms with Gasteiger partial charge in [-0.05, 0) is 40.3 Å². The summed E-state index contributed by atoms with van der Waals surface area (Å²) in [6.45, 7) is 0.740. The molecule has 2 aromatic carbocycles. The maximum absolute atomic E-state index is 6.22. The van der Waals surface area contributed by atoms with Crippen LogP contribution in [0.15, 0.2) is 60.9 Å². The second-order valence-electron chi connectivity index (χ2n) is 4.60. The highest BCUT2D eigenvalue weighted by Crippen LogP contribution is 2.25. The van der Waals surface area contributed by atoms with E-state index in [1.54, 1.807) is 6.33 Å². The lowest BCUT2D eigenvalue weighted by Crippen LogP contribution is -2.03. The van der Waals surface area contributed by atoms with Crippen molar-refractivity contribution >= 4 is 28.4 Å². The normalized spacial score (nSPS) is 10.7. The van der Waals surface area contributed by atoms with Crippen molar-refractivity contribution in [2.45, 2.75) is 6.54 Å². The molecule has 0 radical (unpaired) electrons. The van der Waals surface area contributed by atoms with Crippen LogP contribution in [0.3, 0.4) is 0 Å². The van der Waals surface area contributed by atoms with Crippen LogP contribution in [0.4, 0.5) is 5.82 Å². The van der Waals surface area contributed by atoms with Crippen LogP contribution in [-0.4, -0.2) is 9.55 Å². The van der Waals surface area contributed by atoms with Gasteiger partial charge in [0.05, 0.1) is 12.9 Å². The number of rotatable bonds is 3. The Kier molecular flexibility index (Phi) is 3.73. The lowest BCUT2D eigenvalue weighted by Gasteiger charge is -2.06. The Morgan fingerprint density at radius 3 is 2.40 bits per heavy atom. The van der Waals surface area contributed by atoms with Crippen molar-refractivity contribution in [3.63, 3.8) is 0 Å². The predicted molar refractivity (Wildman–Crippen MR) is 90.3 cm³/mol. The van der Waals surface area contributed by atoms with Gasteiger partial charge >= 0.3 is 0 Å². The van der Waals surface area contributed by atoms with Gasteiger partial charge < -0.3 is 10.3 Å². The number of hydrogen-bond donors (Lipinski definition) is 1. The number of hydrogen-bond acceptors (Lipinski definition) is 2. The van der Waals surface area contributed by atoms with Crippen LogP contribution >= 0.6 is 22.6 Å². The topological polar surface area (TPSA) is 43.8 Å². The zero-order valence-corrected chi connectivity index (χ0v) is 13.0. The highest BCUT2D eigenvalue weighted by Gasteiger charge is 2.09. The first-order valence-corrected chi connectivity index (χ1v) is 7.42. The van der Waals surface area contributed by atoms with Gasteiger partial charge in [0.25, 0.3) is 0 Å². The molecule has 0 aliphatic rings. The van der Waals surface area contributed by atoms with Gasteiger partial charge in [-0.2, -0.15) is 0 Å². The third kappa shape index (κ3) is 2.70. The van der Waals surface area contributed by atoms with Crippen molar-refractivity contribution in [3.8, 4) is 11.3 Å². The zero-order chi connectivity index (χ0) is 13.9. The van der Waals surface area contributed by atoms with Crippen molar-refractivity contribution in [2.24, 2.45) is 0 Å². The molecule has 0 bridgehead atoms. The fourth-order valence-electron chi connectivity index (χ4n) is 2.13. The first-order valence-electron chi connectivity index (χ1n) is 6.34. The molecule has 0 saturated heterocycles. The Hall–Kier alpha value is -1.82. The quantitative estimate of drug-likeness (QED) is 0.708. The van der Waals surface area contributed by atoms with E-state index in [-0.39, 0.29) is 0 Å². The molecule has 0 atom stereocenters. The van der Waals surface area contributed by atoms with E-state index in [0.29, 0.717) is 5.82 Å². The molecule has 0 saturated carbocycles. The smallest absolute Gasteiger partial charge is 0.131 e. The molecule has 0 unspecified atom stereocenters. The minimum Gasteiger partial charge on any atom is -0.383 e. The van der Waals surface area contributed by atoms with Gasteiger partial charge in [0.2, 0.25) is 0 Å². The summed E-state index contributed by atoms with van der Waals surface area (Å²) in [6.07, 6.45) is 1.80. The standard InChI is InChI=1S/C16H14IN3/c17-14-8-6-13(7-9-14)15-16(18)20(11-19-15)10-12-4-2-1-3-5-12/h1-9,11H,10,18H2. The van der Waals surface area contributed by atoms with Gasteiger partial charge in [-0.1, -0.05) is 42.5 Å². The van der Waals surface area contributed by atoms with E-state index in [1.807, 2.05) is 34.9 Å². The second kappa shape index (κ2) is 5.66. The second-order valence-corrected chi connectivity index (χ2v) is 5.84. The highest BCUT2D eigenvalue weighted by atomic mass is 127. The summed E-state index contributed by atoms with van der Waals surface area (Å²) in [7, 11) is 0. The molecule has 1 aromatic heterocycles. The number of nitrogen functional groups attached to an aromatic ring is 1. The van der Waals surface area contributed by atoms with E-state index in [2.05, 4.69) is 51.8 Å². The summed E-state index contributed by atoms with van der Waals surface area (Å²) in [5.41, 5.74) is 9.33. The first-order chi connectivity index (χ1) is 9.74. The molecule has 20 heavy (non-hydrogen) atoms. The summed E-state index contributed by atoms with van der Waals surface area (Å²) in [5, 5.41) is 0. The van der Waals surface area contributed by atoms with E-state index in [0.717, 1.165) is 17.8 Å². The minimum absolute atomic E-state index is 0.704. The Bertz CT molecular complexity index is 702. The molecule has 3 nitrogen and oxygen atoms in total. The van der Waals surface area contributed by atoms with Gasteiger partial charge in [0.1, 0.15) is 11.5 Å². The van der Waals surface area contributed by atoms with Crippen LogP contribution in [0.2, 0.25) is 0 Å². The van der Waals surface area contributed by atoms with Gasteiger partial charge in [0.15, 0.2) is 0 Å². The van der Waals surface area contributed by atoms with Crippen molar-refractivity contribution in [1.29, 1.82) is 0 Å². The molecule has 0 spiro atoms. The molecule has 0 amide bonds. The largest absolute Gasteiger partial charge is 0.383 e. The highest BCUT2D eigenvalue weighted by molar-refractivity contribution is 14.1. The van der Waals surface area contributed by atoms with E-state index in [4.69, 9.17) is 5.73 Å². The van der Waals surface area contributed by atoms with E-state index in [1.165, 1.54) is 9.13 Å². The first kappa shape index (κ1) is 13.2. The average Bonchev–Trinajstić information content (AvgIpc) is 2.83. The molecular weight excluding hydrogens is 361 g/mol. The van der Waals surface area contributed by atoms with Crippen LogP contribution in [0.1, 0.15) is 5.56 Å². The number of nitrogens with zero attached hydrogens (tertiary/aromatic N) is 2. The van der Waals surface area contributed by atoms with Gasteiger partial charge in [-0.25, -0.2) is 4.98 Å². The SMILES string of the molecule is Nc1c(-c2ccc(I)cc2)ncn1Cc1ccccc1. The molecule has 2 N–H and O–H groups in total. The number of halogens is 1. The van der Waals surface area contributed by atoms with Crippen molar-refractivity contribution in [3.05, 3.63) is 70.1 Å². The lowest BCUT2D eigenvalue weighted by molar-refractivity contribution is 0.808. The van der Waals surface area contributed by atoms with Crippen molar-refractivity contribution in [2.75, 3.05) is 5.73 Å². The summed E-state index contributed by atoms with van der Waals surface area (Å²) < 4.78 is 3.18. The summed E-state index contributed by atoms with van der Waals surface area (Å²) in [4.78, 5) is 4.45. The predicted octanol–water partition coefficient (Wildman–Crippen LogP) is 3.79. The van der Waals surface area contributed by atoms with E-state index < -0.39 is 0 Å². The fourth-order valence-corrected chi connectivity index (χ4v) is 2.49. The third-order valence-corrected chi connectivity index (χ3v) is 3.91. The van der Waals surface area contributed by atoms with Crippen molar-refractivity contribution in [1.82, 2.24) is 9.55 Å². The van der Waals surface area contributed by atoms with Crippen LogP contribution in [-0.2, 0) is 6.54 Å². The summed E-state index contributed by atoms with van der Waals surface area (Å²) in [5.74, 6) is 0.704. The monoisotopic (exact) mass is 375 g/mol. The average molecular weight is 375 g/mol. The summed E-state index contributed by atoms with van der Waals surface area (Å²) in [6, 6.07) is 18.5.